The molecular weight excluding hydrogens is 432 g/mol. The Kier molecular flexibility index (Phi) is 5.57. The van der Waals surface area contributed by atoms with E-state index in [9.17, 15) is 29.9 Å². The van der Waals surface area contributed by atoms with E-state index >= 15 is 0 Å². The summed E-state index contributed by atoms with van der Waals surface area (Å²) in [6.45, 7) is -0.652. The number of β-amino-alcohol motifs (C(OH)–C–C–N with tert-alkyl or cyclic N) is 1. The number of carbonyl (C=O) groups excluding carboxylic acids is 2. The summed E-state index contributed by atoms with van der Waals surface area (Å²) in [4.78, 5) is 37.1. The lowest BCUT2D eigenvalue weighted by molar-refractivity contribution is -0.385. The van der Waals surface area contributed by atoms with Crippen LogP contribution in [-0.2, 0) is 9.59 Å². The van der Waals surface area contributed by atoms with Crippen LogP contribution in [0.4, 0.5) is 5.69 Å². The van der Waals surface area contributed by atoms with Crippen molar-refractivity contribution in [2.75, 3.05) is 13.2 Å². The van der Waals surface area contributed by atoms with Crippen molar-refractivity contribution in [3.05, 3.63) is 79.8 Å². The lowest BCUT2D eigenvalue weighted by Crippen LogP contribution is -2.32. The van der Waals surface area contributed by atoms with E-state index in [1.807, 2.05) is 0 Å². The minimum atomic E-state index is -1.18. The number of ketones is 1. The molecule has 1 heterocycles. The van der Waals surface area contributed by atoms with E-state index < -0.39 is 35.0 Å². The Morgan fingerprint density at radius 3 is 2.39 bits per heavy atom. The number of para-hydroxylation sites is 1. The van der Waals surface area contributed by atoms with Gasteiger partial charge in [-0.25, -0.2) is 0 Å². The zero-order chi connectivity index (χ0) is 20.4. The van der Waals surface area contributed by atoms with E-state index in [0.717, 1.165) is 9.37 Å². The van der Waals surface area contributed by atoms with E-state index in [1.54, 1.807) is 30.3 Å². The molecule has 2 aromatic rings. The summed E-state index contributed by atoms with van der Waals surface area (Å²) in [6, 6.07) is 10.9. The molecule has 8 nitrogen and oxygen atoms in total. The van der Waals surface area contributed by atoms with Crippen LogP contribution in [0.25, 0.3) is 5.76 Å². The van der Waals surface area contributed by atoms with Crippen LogP contribution < -0.4 is 0 Å². The first-order valence-corrected chi connectivity index (χ1v) is 9.04. The van der Waals surface area contributed by atoms with E-state index in [4.69, 9.17) is 0 Å². The Bertz CT molecular complexity index is 986. The highest BCUT2D eigenvalue weighted by Gasteiger charge is 2.47. The van der Waals surface area contributed by atoms with Crippen LogP contribution in [0.2, 0.25) is 0 Å². The van der Waals surface area contributed by atoms with Crippen LogP contribution in [0.15, 0.2) is 58.6 Å². The summed E-state index contributed by atoms with van der Waals surface area (Å²) in [5.74, 6) is -2.33. The highest BCUT2D eigenvalue weighted by atomic mass is 79.9. The predicted molar refractivity (Wildman–Crippen MR) is 103 cm³/mol. The molecule has 0 bridgehead atoms. The Morgan fingerprint density at radius 1 is 1.14 bits per heavy atom. The maximum Gasteiger partial charge on any atom is 0.295 e. The van der Waals surface area contributed by atoms with Crippen LogP contribution in [0.5, 0.6) is 0 Å². The van der Waals surface area contributed by atoms with Crippen molar-refractivity contribution in [2.24, 2.45) is 0 Å². The number of rotatable bonds is 5. The van der Waals surface area contributed by atoms with E-state index in [1.165, 1.54) is 18.2 Å². The molecular formula is C19H15BrN2O6. The molecule has 9 heteroatoms. The molecule has 0 spiro atoms. The van der Waals surface area contributed by atoms with Gasteiger partial charge in [0.2, 0.25) is 0 Å². The molecule has 1 aliphatic rings. The fourth-order valence-corrected chi connectivity index (χ4v) is 3.45. The molecule has 1 atom stereocenters. The molecule has 1 amide bonds. The number of nitro groups is 1. The van der Waals surface area contributed by atoms with E-state index in [2.05, 4.69) is 15.9 Å². The number of nitro benzene ring substituents is 1. The minimum absolute atomic E-state index is 0.0822. The van der Waals surface area contributed by atoms with E-state index in [0.29, 0.717) is 0 Å². The van der Waals surface area contributed by atoms with Crippen molar-refractivity contribution < 1.29 is 24.7 Å². The summed E-state index contributed by atoms with van der Waals surface area (Å²) >= 11 is 3.27. The molecule has 1 fully saturated rings. The Morgan fingerprint density at radius 2 is 1.79 bits per heavy atom. The average molecular weight is 447 g/mol. The molecule has 2 aromatic carbocycles. The van der Waals surface area contributed by atoms with Gasteiger partial charge in [-0.05, 0) is 18.2 Å². The molecule has 0 aromatic heterocycles. The molecule has 0 aliphatic carbocycles. The van der Waals surface area contributed by atoms with Crippen molar-refractivity contribution in [3.63, 3.8) is 0 Å². The second-order valence-electron chi connectivity index (χ2n) is 6.04. The maximum absolute atomic E-state index is 12.7. The number of aliphatic hydroxyl groups is 2. The van der Waals surface area contributed by atoms with Gasteiger partial charge in [-0.2, -0.15) is 0 Å². The predicted octanol–water partition coefficient (Wildman–Crippen LogP) is 2.77. The van der Waals surface area contributed by atoms with Crippen molar-refractivity contribution in [1.29, 1.82) is 0 Å². The quantitative estimate of drug-likeness (QED) is 0.239. The van der Waals surface area contributed by atoms with Crippen LogP contribution in [0.1, 0.15) is 17.2 Å². The summed E-state index contributed by atoms with van der Waals surface area (Å²) in [5, 5.41) is 31.6. The standard InChI is InChI=1S/C19H15BrN2O6/c20-12-7-5-11(6-8-12)17(24)15-16(21(9-10-23)19(26)18(15)25)13-3-1-2-4-14(13)22(27)28/h1-8,16,23-24H,9-10H2/t16-/m1/s1. The number of hydrogen-bond acceptors (Lipinski definition) is 6. The van der Waals surface area contributed by atoms with Crippen LogP contribution >= 0.6 is 15.9 Å². The van der Waals surface area contributed by atoms with Gasteiger partial charge in [-0.1, -0.05) is 40.2 Å². The van der Waals surface area contributed by atoms with Gasteiger partial charge in [-0.15, -0.1) is 0 Å². The highest BCUT2D eigenvalue weighted by Crippen LogP contribution is 2.42. The Hall–Kier alpha value is -3.04. The van der Waals surface area contributed by atoms with Crippen molar-refractivity contribution >= 4 is 39.1 Å². The maximum atomic E-state index is 12.7. The van der Waals surface area contributed by atoms with Crippen molar-refractivity contribution in [1.82, 2.24) is 4.90 Å². The Balaban J connectivity index is 2.26. The monoisotopic (exact) mass is 446 g/mol. The average Bonchev–Trinajstić information content (AvgIpc) is 2.93. The normalized spacial score (nSPS) is 18.5. The molecule has 1 aliphatic heterocycles. The van der Waals surface area contributed by atoms with Gasteiger partial charge in [0.15, 0.2) is 0 Å². The third-order valence-electron chi connectivity index (χ3n) is 4.43. The largest absolute Gasteiger partial charge is 0.507 e. The van der Waals surface area contributed by atoms with Gasteiger partial charge in [0.1, 0.15) is 5.76 Å². The number of hydrogen-bond donors (Lipinski definition) is 2. The number of aliphatic hydroxyl groups excluding tert-OH is 2. The summed E-state index contributed by atoms with van der Waals surface area (Å²) < 4.78 is 0.750. The number of halogens is 1. The molecule has 2 N–H and O–H groups in total. The fourth-order valence-electron chi connectivity index (χ4n) is 3.19. The van der Waals surface area contributed by atoms with Gasteiger partial charge in [0.25, 0.3) is 17.4 Å². The smallest absolute Gasteiger partial charge is 0.295 e. The van der Waals surface area contributed by atoms with Crippen LogP contribution in [0.3, 0.4) is 0 Å². The second kappa shape index (κ2) is 7.91. The first kappa shape index (κ1) is 19.7. The second-order valence-corrected chi connectivity index (χ2v) is 6.95. The molecule has 1 saturated heterocycles. The third-order valence-corrected chi connectivity index (χ3v) is 4.96. The van der Waals surface area contributed by atoms with Crippen molar-refractivity contribution in [3.8, 4) is 0 Å². The first-order valence-electron chi connectivity index (χ1n) is 8.25. The van der Waals surface area contributed by atoms with E-state index in [-0.39, 0.29) is 28.9 Å². The number of carbonyl (C=O) groups is 2. The fraction of sp³-hybridized carbons (Fsp3) is 0.158. The van der Waals surface area contributed by atoms with Gasteiger partial charge < -0.3 is 15.1 Å². The number of amides is 1. The number of nitrogens with zero attached hydrogens (tertiary/aromatic N) is 2. The SMILES string of the molecule is O=C1C(=O)N(CCO)[C@H](c2ccccc2[N+](=O)[O-])C1=C(O)c1ccc(Br)cc1. The lowest BCUT2D eigenvalue weighted by Gasteiger charge is -2.24. The van der Waals surface area contributed by atoms with Gasteiger partial charge in [0, 0.05) is 22.6 Å². The molecule has 0 radical (unpaired) electrons. The molecule has 3 rings (SSSR count). The molecule has 0 saturated carbocycles. The molecule has 0 unspecified atom stereocenters. The lowest BCUT2D eigenvalue weighted by atomic mass is 9.94. The first-order chi connectivity index (χ1) is 13.4. The third kappa shape index (κ3) is 3.41. The van der Waals surface area contributed by atoms with Crippen LogP contribution in [-0.4, -0.2) is 44.9 Å². The topological polar surface area (TPSA) is 121 Å². The number of likely N-dealkylation sites (tertiary alicyclic amines) is 1. The number of benzene rings is 2. The summed E-state index contributed by atoms with van der Waals surface area (Å²) in [6.07, 6.45) is 0. The zero-order valence-corrected chi connectivity index (χ0v) is 16.0. The molecule has 144 valence electrons. The van der Waals surface area contributed by atoms with Crippen LogP contribution in [0, 0.1) is 10.1 Å². The Labute approximate surface area is 168 Å². The number of Topliss-reactive ketones (excluding diaryl/α,β-unsaturated/α-hetero) is 1. The summed E-state index contributed by atoms with van der Waals surface area (Å²) in [7, 11) is 0. The zero-order valence-electron chi connectivity index (χ0n) is 14.4. The van der Waals surface area contributed by atoms with Gasteiger partial charge >= 0.3 is 0 Å². The minimum Gasteiger partial charge on any atom is -0.507 e. The molecule has 28 heavy (non-hydrogen) atoms. The summed E-state index contributed by atoms with van der Waals surface area (Å²) in [5.41, 5.74) is -0.179. The van der Waals surface area contributed by atoms with Crippen molar-refractivity contribution in [2.45, 2.75) is 6.04 Å². The van der Waals surface area contributed by atoms with Gasteiger partial charge in [0.05, 0.1) is 28.7 Å². The van der Waals surface area contributed by atoms with Gasteiger partial charge in [-0.3, -0.25) is 19.7 Å². The highest BCUT2D eigenvalue weighted by molar-refractivity contribution is 9.10.